The highest BCUT2D eigenvalue weighted by Crippen LogP contribution is 2.25. The second kappa shape index (κ2) is 5.48. The molecule has 0 saturated carbocycles. The van der Waals surface area contributed by atoms with Crippen LogP contribution in [0.5, 0.6) is 0 Å². The number of nitriles is 2. The largest absolute Gasteiger partial charge is 0.192 e. The van der Waals surface area contributed by atoms with E-state index in [9.17, 15) is 10.5 Å². The Bertz CT molecular complexity index is 581. The summed E-state index contributed by atoms with van der Waals surface area (Å²) in [7, 11) is 0. The SMILES string of the molecule is N#CC(=C(C#N)c1ccccc1)c1ccccc1. The van der Waals surface area contributed by atoms with Crippen LogP contribution in [0.4, 0.5) is 0 Å². The van der Waals surface area contributed by atoms with Crippen molar-refractivity contribution in [3.63, 3.8) is 0 Å². The third kappa shape index (κ3) is 2.29. The van der Waals surface area contributed by atoms with Crippen molar-refractivity contribution < 1.29 is 0 Å². The fraction of sp³-hybridized carbons (Fsp3) is 0. The molecule has 84 valence electrons. The predicted molar refractivity (Wildman–Crippen MR) is 70.9 cm³/mol. The van der Waals surface area contributed by atoms with Crippen LogP contribution in [-0.4, -0.2) is 0 Å². The minimum atomic E-state index is 0.407. The molecule has 0 amide bonds. The van der Waals surface area contributed by atoms with Gasteiger partial charge in [-0.2, -0.15) is 10.5 Å². The van der Waals surface area contributed by atoms with E-state index in [1.807, 2.05) is 60.7 Å². The highest BCUT2D eigenvalue weighted by atomic mass is 14.3. The Morgan fingerprint density at radius 2 is 0.944 bits per heavy atom. The first-order valence-corrected chi connectivity index (χ1v) is 5.52. The summed E-state index contributed by atoms with van der Waals surface area (Å²) in [6.45, 7) is 0. The number of rotatable bonds is 2. The minimum Gasteiger partial charge on any atom is -0.192 e. The van der Waals surface area contributed by atoms with Crippen LogP contribution in [0.1, 0.15) is 11.1 Å². The van der Waals surface area contributed by atoms with E-state index in [-0.39, 0.29) is 0 Å². The first-order chi connectivity index (χ1) is 8.86. The van der Waals surface area contributed by atoms with E-state index in [1.165, 1.54) is 0 Å². The molecule has 0 N–H and O–H groups in total. The van der Waals surface area contributed by atoms with Gasteiger partial charge in [-0.05, 0) is 11.1 Å². The molecule has 0 aliphatic heterocycles. The number of benzene rings is 2. The van der Waals surface area contributed by atoms with E-state index in [0.29, 0.717) is 11.1 Å². The molecule has 0 aromatic heterocycles. The lowest BCUT2D eigenvalue weighted by atomic mass is 9.96. The zero-order valence-electron chi connectivity index (χ0n) is 9.67. The van der Waals surface area contributed by atoms with Crippen LogP contribution < -0.4 is 0 Å². The number of nitrogens with zero attached hydrogens (tertiary/aromatic N) is 2. The Kier molecular flexibility index (Phi) is 3.54. The van der Waals surface area contributed by atoms with Crippen molar-refractivity contribution in [2.45, 2.75) is 0 Å². The molecule has 0 radical (unpaired) electrons. The van der Waals surface area contributed by atoms with Crippen LogP contribution >= 0.6 is 0 Å². The van der Waals surface area contributed by atoms with Crippen LogP contribution in [-0.2, 0) is 0 Å². The van der Waals surface area contributed by atoms with Gasteiger partial charge in [-0.25, -0.2) is 0 Å². The lowest BCUT2D eigenvalue weighted by Gasteiger charge is -2.03. The monoisotopic (exact) mass is 230 g/mol. The fourth-order valence-corrected chi connectivity index (χ4v) is 1.74. The minimum absolute atomic E-state index is 0.407. The smallest absolute Gasteiger partial charge is 0.101 e. The maximum atomic E-state index is 9.28. The summed E-state index contributed by atoms with van der Waals surface area (Å²) in [5.41, 5.74) is 2.34. The van der Waals surface area contributed by atoms with Gasteiger partial charge in [0.2, 0.25) is 0 Å². The fourth-order valence-electron chi connectivity index (χ4n) is 1.74. The van der Waals surface area contributed by atoms with Gasteiger partial charge in [0.15, 0.2) is 0 Å². The quantitative estimate of drug-likeness (QED) is 0.584. The van der Waals surface area contributed by atoms with Crippen molar-refractivity contribution in [3.05, 3.63) is 71.8 Å². The van der Waals surface area contributed by atoms with Crippen molar-refractivity contribution in [1.82, 2.24) is 0 Å². The molecule has 2 aromatic carbocycles. The third-order valence-electron chi connectivity index (χ3n) is 2.60. The van der Waals surface area contributed by atoms with Crippen molar-refractivity contribution in [2.24, 2.45) is 0 Å². The molecule has 0 aliphatic rings. The molecular weight excluding hydrogens is 220 g/mol. The zero-order chi connectivity index (χ0) is 12.8. The molecule has 2 rings (SSSR count). The molecule has 0 atom stereocenters. The van der Waals surface area contributed by atoms with Gasteiger partial charge >= 0.3 is 0 Å². The highest BCUT2D eigenvalue weighted by Gasteiger charge is 2.10. The second-order valence-corrected chi connectivity index (χ2v) is 3.71. The lowest BCUT2D eigenvalue weighted by molar-refractivity contribution is 1.50. The van der Waals surface area contributed by atoms with Crippen molar-refractivity contribution in [1.29, 1.82) is 10.5 Å². The van der Waals surface area contributed by atoms with E-state index in [4.69, 9.17) is 0 Å². The average Bonchev–Trinajstić information content (AvgIpc) is 2.46. The Labute approximate surface area is 106 Å². The molecule has 0 bridgehead atoms. The van der Waals surface area contributed by atoms with Crippen molar-refractivity contribution in [2.75, 3.05) is 0 Å². The predicted octanol–water partition coefficient (Wildman–Crippen LogP) is 3.64. The summed E-state index contributed by atoms with van der Waals surface area (Å²) < 4.78 is 0. The van der Waals surface area contributed by atoms with E-state index in [1.54, 1.807) is 0 Å². The van der Waals surface area contributed by atoms with E-state index in [0.717, 1.165) is 11.1 Å². The van der Waals surface area contributed by atoms with Crippen LogP contribution in [0.2, 0.25) is 0 Å². The van der Waals surface area contributed by atoms with E-state index < -0.39 is 0 Å². The van der Waals surface area contributed by atoms with Crippen molar-refractivity contribution >= 4 is 11.1 Å². The Morgan fingerprint density at radius 3 is 1.22 bits per heavy atom. The number of allylic oxidation sites excluding steroid dienone is 2. The zero-order valence-corrected chi connectivity index (χ0v) is 9.67. The second-order valence-electron chi connectivity index (χ2n) is 3.71. The lowest BCUT2D eigenvalue weighted by Crippen LogP contribution is -1.88. The van der Waals surface area contributed by atoms with Gasteiger partial charge in [0.1, 0.15) is 12.1 Å². The van der Waals surface area contributed by atoms with Gasteiger partial charge in [0.25, 0.3) is 0 Å². The topological polar surface area (TPSA) is 47.6 Å². The number of hydrogen-bond donors (Lipinski definition) is 0. The van der Waals surface area contributed by atoms with Crippen LogP contribution in [0.3, 0.4) is 0 Å². The number of hydrogen-bond acceptors (Lipinski definition) is 2. The summed E-state index contributed by atoms with van der Waals surface area (Å²) in [5, 5.41) is 18.6. The van der Waals surface area contributed by atoms with Gasteiger partial charge in [0, 0.05) is 0 Å². The highest BCUT2D eigenvalue weighted by molar-refractivity contribution is 6.02. The molecule has 0 fully saturated rings. The summed E-state index contributed by atoms with van der Waals surface area (Å²) in [6.07, 6.45) is 0. The van der Waals surface area contributed by atoms with Crippen LogP contribution in [0.15, 0.2) is 60.7 Å². The molecule has 18 heavy (non-hydrogen) atoms. The summed E-state index contributed by atoms with van der Waals surface area (Å²) in [6, 6.07) is 22.8. The summed E-state index contributed by atoms with van der Waals surface area (Å²) in [5.74, 6) is 0. The van der Waals surface area contributed by atoms with Crippen LogP contribution in [0, 0.1) is 22.7 Å². The van der Waals surface area contributed by atoms with Gasteiger partial charge in [0.05, 0.1) is 11.1 Å². The molecule has 2 nitrogen and oxygen atoms in total. The molecule has 2 heteroatoms. The maximum absolute atomic E-state index is 9.28. The summed E-state index contributed by atoms with van der Waals surface area (Å²) in [4.78, 5) is 0. The van der Waals surface area contributed by atoms with Gasteiger partial charge in [-0.3, -0.25) is 0 Å². The standard InChI is InChI=1S/C16H10N2/c17-11-15(13-7-3-1-4-8-13)16(12-18)14-9-5-2-6-10-14/h1-10H. The van der Waals surface area contributed by atoms with E-state index in [2.05, 4.69) is 12.1 Å². The molecule has 0 spiro atoms. The average molecular weight is 230 g/mol. The maximum Gasteiger partial charge on any atom is 0.101 e. The summed E-state index contributed by atoms with van der Waals surface area (Å²) >= 11 is 0. The van der Waals surface area contributed by atoms with E-state index >= 15 is 0 Å². The molecule has 0 saturated heterocycles. The Balaban J connectivity index is 2.63. The first kappa shape index (κ1) is 11.6. The Morgan fingerprint density at radius 1 is 0.611 bits per heavy atom. The normalized spacial score (nSPS) is 11.0. The first-order valence-electron chi connectivity index (χ1n) is 5.52. The molecule has 2 aromatic rings. The molecular formula is C16H10N2. The van der Waals surface area contributed by atoms with Gasteiger partial charge < -0.3 is 0 Å². The molecule has 0 heterocycles. The van der Waals surface area contributed by atoms with Crippen LogP contribution in [0.25, 0.3) is 11.1 Å². The van der Waals surface area contributed by atoms with Crippen molar-refractivity contribution in [3.8, 4) is 12.1 Å². The van der Waals surface area contributed by atoms with Gasteiger partial charge in [-0.1, -0.05) is 60.7 Å². The Hall–Kier alpha value is -2.84. The molecule has 0 unspecified atom stereocenters. The van der Waals surface area contributed by atoms with Gasteiger partial charge in [-0.15, -0.1) is 0 Å². The molecule has 0 aliphatic carbocycles. The third-order valence-corrected chi connectivity index (χ3v) is 2.60.